The van der Waals surface area contributed by atoms with E-state index in [1.165, 1.54) is 12.1 Å². The predicted molar refractivity (Wildman–Crippen MR) is 63.6 cm³/mol. The van der Waals surface area contributed by atoms with Crippen LogP contribution in [0.25, 0.3) is 0 Å². The largest absolute Gasteiger partial charge is 0.334 e. The normalized spacial score (nSPS) is 16.4. The van der Waals surface area contributed by atoms with E-state index in [4.69, 9.17) is 5.73 Å². The van der Waals surface area contributed by atoms with E-state index in [1.807, 2.05) is 0 Å². The van der Waals surface area contributed by atoms with Gasteiger partial charge in [-0.15, -0.1) is 0 Å². The number of carbonyl (C=O) groups is 1. The van der Waals surface area contributed by atoms with Gasteiger partial charge in [0.1, 0.15) is 11.6 Å². The fraction of sp³-hybridized carbons (Fsp3) is 0.462. The van der Waals surface area contributed by atoms with Crippen LogP contribution in [0.3, 0.4) is 0 Å². The SMILES string of the molecule is C[C@H](N)C(=O)N(Cc1ccc(F)cc1F)C1CC1. The molecule has 2 rings (SSSR count). The molecule has 2 N–H and O–H groups in total. The molecule has 1 saturated carbocycles. The molecule has 0 spiro atoms. The zero-order chi connectivity index (χ0) is 13.3. The second-order valence-electron chi connectivity index (χ2n) is 4.72. The summed E-state index contributed by atoms with van der Waals surface area (Å²) in [7, 11) is 0. The Morgan fingerprint density at radius 1 is 1.50 bits per heavy atom. The van der Waals surface area contributed by atoms with Crippen molar-refractivity contribution in [1.29, 1.82) is 0 Å². The first-order chi connectivity index (χ1) is 8.49. The molecular formula is C13H16F2N2O. The van der Waals surface area contributed by atoms with Gasteiger partial charge in [-0.3, -0.25) is 4.79 Å². The van der Waals surface area contributed by atoms with Crippen molar-refractivity contribution >= 4 is 5.91 Å². The smallest absolute Gasteiger partial charge is 0.239 e. The summed E-state index contributed by atoms with van der Waals surface area (Å²) in [6.45, 7) is 1.76. The highest BCUT2D eigenvalue weighted by molar-refractivity contribution is 5.81. The van der Waals surface area contributed by atoms with Crippen molar-refractivity contribution in [2.45, 2.75) is 38.4 Å². The molecular weight excluding hydrogens is 238 g/mol. The minimum atomic E-state index is -0.627. The van der Waals surface area contributed by atoms with Crippen LogP contribution >= 0.6 is 0 Å². The highest BCUT2D eigenvalue weighted by Crippen LogP contribution is 2.29. The monoisotopic (exact) mass is 254 g/mol. The highest BCUT2D eigenvalue weighted by Gasteiger charge is 2.34. The molecule has 3 nitrogen and oxygen atoms in total. The fourth-order valence-corrected chi connectivity index (χ4v) is 1.87. The van der Waals surface area contributed by atoms with Gasteiger partial charge in [0.15, 0.2) is 0 Å². The maximum Gasteiger partial charge on any atom is 0.239 e. The number of carbonyl (C=O) groups excluding carboxylic acids is 1. The van der Waals surface area contributed by atoms with Gasteiger partial charge in [0, 0.05) is 24.2 Å². The van der Waals surface area contributed by atoms with Crippen LogP contribution in [0.15, 0.2) is 18.2 Å². The fourth-order valence-electron chi connectivity index (χ4n) is 1.87. The predicted octanol–water partition coefficient (Wildman–Crippen LogP) is 1.80. The molecule has 0 radical (unpaired) electrons. The first kappa shape index (κ1) is 13.0. The molecule has 1 amide bonds. The Hall–Kier alpha value is -1.49. The van der Waals surface area contributed by atoms with Crippen molar-refractivity contribution in [3.8, 4) is 0 Å². The van der Waals surface area contributed by atoms with Crippen LogP contribution in [-0.4, -0.2) is 22.9 Å². The number of hydrogen-bond acceptors (Lipinski definition) is 2. The second kappa shape index (κ2) is 5.02. The number of nitrogens with two attached hydrogens (primary N) is 1. The van der Waals surface area contributed by atoms with Crippen LogP contribution in [0.5, 0.6) is 0 Å². The Morgan fingerprint density at radius 2 is 2.17 bits per heavy atom. The lowest BCUT2D eigenvalue weighted by molar-refractivity contribution is -0.133. The molecule has 0 saturated heterocycles. The molecule has 1 aromatic rings. The number of benzene rings is 1. The van der Waals surface area contributed by atoms with Crippen LogP contribution in [0.4, 0.5) is 8.78 Å². The van der Waals surface area contributed by atoms with Gasteiger partial charge >= 0.3 is 0 Å². The van der Waals surface area contributed by atoms with E-state index >= 15 is 0 Å². The Kier molecular flexibility index (Phi) is 3.61. The average Bonchev–Trinajstić information content (AvgIpc) is 3.11. The van der Waals surface area contributed by atoms with Gasteiger partial charge in [0.2, 0.25) is 5.91 Å². The number of halogens is 2. The van der Waals surface area contributed by atoms with Crippen LogP contribution in [0.1, 0.15) is 25.3 Å². The summed E-state index contributed by atoms with van der Waals surface area (Å²) in [6, 6.07) is 2.94. The van der Waals surface area contributed by atoms with Gasteiger partial charge in [-0.25, -0.2) is 8.78 Å². The quantitative estimate of drug-likeness (QED) is 0.890. The van der Waals surface area contributed by atoms with Crippen molar-refractivity contribution in [1.82, 2.24) is 4.90 Å². The van der Waals surface area contributed by atoms with Crippen molar-refractivity contribution in [3.63, 3.8) is 0 Å². The van der Waals surface area contributed by atoms with E-state index in [9.17, 15) is 13.6 Å². The van der Waals surface area contributed by atoms with Gasteiger partial charge in [-0.2, -0.15) is 0 Å². The van der Waals surface area contributed by atoms with Crippen LogP contribution in [-0.2, 0) is 11.3 Å². The van der Waals surface area contributed by atoms with Crippen molar-refractivity contribution < 1.29 is 13.6 Å². The molecule has 0 bridgehead atoms. The minimum absolute atomic E-state index is 0.146. The Bertz CT molecular complexity index is 458. The topological polar surface area (TPSA) is 46.3 Å². The van der Waals surface area contributed by atoms with Crippen LogP contribution in [0.2, 0.25) is 0 Å². The highest BCUT2D eigenvalue weighted by atomic mass is 19.1. The standard InChI is InChI=1S/C13H16F2N2O/c1-8(16)13(18)17(11-4-5-11)7-9-2-3-10(14)6-12(9)15/h2-3,6,8,11H,4-5,7,16H2,1H3/t8-/m0/s1. The third-order valence-electron chi connectivity index (χ3n) is 3.02. The van der Waals surface area contributed by atoms with E-state index in [2.05, 4.69) is 0 Å². The summed E-state index contributed by atoms with van der Waals surface area (Å²) in [5.41, 5.74) is 5.89. The molecule has 1 atom stereocenters. The molecule has 98 valence electrons. The van der Waals surface area contributed by atoms with E-state index < -0.39 is 17.7 Å². The lowest BCUT2D eigenvalue weighted by Crippen LogP contribution is -2.43. The zero-order valence-corrected chi connectivity index (χ0v) is 10.2. The number of hydrogen-bond donors (Lipinski definition) is 1. The summed E-state index contributed by atoms with van der Waals surface area (Å²) in [5, 5.41) is 0. The van der Waals surface area contributed by atoms with E-state index in [0.29, 0.717) is 5.56 Å². The molecule has 0 heterocycles. The molecule has 1 aliphatic rings. The first-order valence-corrected chi connectivity index (χ1v) is 5.99. The Morgan fingerprint density at radius 3 is 2.67 bits per heavy atom. The molecule has 1 fully saturated rings. The van der Waals surface area contributed by atoms with Gasteiger partial charge < -0.3 is 10.6 Å². The maximum absolute atomic E-state index is 13.5. The summed E-state index contributed by atoms with van der Waals surface area (Å²) in [4.78, 5) is 13.5. The Labute approximate surface area is 105 Å². The van der Waals surface area contributed by atoms with Gasteiger partial charge in [0.05, 0.1) is 6.04 Å². The zero-order valence-electron chi connectivity index (χ0n) is 10.2. The average molecular weight is 254 g/mol. The number of amides is 1. The summed E-state index contributed by atoms with van der Waals surface area (Å²) in [6.07, 6.45) is 1.84. The summed E-state index contributed by atoms with van der Waals surface area (Å²) >= 11 is 0. The number of rotatable bonds is 4. The number of nitrogens with zero attached hydrogens (tertiary/aromatic N) is 1. The van der Waals surface area contributed by atoms with E-state index in [0.717, 1.165) is 18.9 Å². The minimum Gasteiger partial charge on any atom is -0.334 e. The van der Waals surface area contributed by atoms with Gasteiger partial charge in [0.25, 0.3) is 0 Å². The lowest BCUT2D eigenvalue weighted by Gasteiger charge is -2.24. The molecule has 0 aliphatic heterocycles. The molecule has 0 aromatic heterocycles. The van der Waals surface area contributed by atoms with Gasteiger partial charge in [-0.05, 0) is 25.8 Å². The molecule has 0 unspecified atom stereocenters. The molecule has 1 aromatic carbocycles. The van der Waals surface area contributed by atoms with Crippen molar-refractivity contribution in [2.75, 3.05) is 0 Å². The molecule has 18 heavy (non-hydrogen) atoms. The lowest BCUT2D eigenvalue weighted by atomic mass is 10.1. The summed E-state index contributed by atoms with van der Waals surface area (Å²) in [5.74, 6) is -1.44. The molecule has 5 heteroatoms. The van der Waals surface area contributed by atoms with Crippen molar-refractivity contribution in [3.05, 3.63) is 35.4 Å². The van der Waals surface area contributed by atoms with Crippen LogP contribution < -0.4 is 5.73 Å². The van der Waals surface area contributed by atoms with Crippen LogP contribution in [0, 0.1) is 11.6 Å². The molecule has 1 aliphatic carbocycles. The second-order valence-corrected chi connectivity index (χ2v) is 4.72. The van der Waals surface area contributed by atoms with Gasteiger partial charge in [-0.1, -0.05) is 6.07 Å². The summed E-state index contributed by atoms with van der Waals surface area (Å²) < 4.78 is 26.4. The third-order valence-corrected chi connectivity index (χ3v) is 3.02. The van der Waals surface area contributed by atoms with E-state index in [-0.39, 0.29) is 18.5 Å². The maximum atomic E-state index is 13.5. The first-order valence-electron chi connectivity index (χ1n) is 5.99. The van der Waals surface area contributed by atoms with Crippen molar-refractivity contribution in [2.24, 2.45) is 5.73 Å². The Balaban J connectivity index is 2.16. The van der Waals surface area contributed by atoms with E-state index in [1.54, 1.807) is 11.8 Å². The third kappa shape index (κ3) is 2.85.